The van der Waals surface area contributed by atoms with E-state index in [1.165, 1.54) is 31.4 Å². The summed E-state index contributed by atoms with van der Waals surface area (Å²) in [5, 5.41) is 2.82. The van der Waals surface area contributed by atoms with Crippen LogP contribution in [0, 0.1) is 13.8 Å². The highest BCUT2D eigenvalue weighted by molar-refractivity contribution is 7.92. The van der Waals surface area contributed by atoms with E-state index in [1.54, 1.807) is 24.3 Å². The van der Waals surface area contributed by atoms with Crippen LogP contribution in [-0.4, -0.2) is 21.4 Å². The normalized spacial score (nSPS) is 11.0. The fourth-order valence-corrected chi connectivity index (χ4v) is 3.81. The monoisotopic (exact) mass is 410 g/mol. The van der Waals surface area contributed by atoms with E-state index in [9.17, 15) is 13.2 Å². The van der Waals surface area contributed by atoms with Crippen molar-refractivity contribution in [1.29, 1.82) is 0 Å². The van der Waals surface area contributed by atoms with E-state index in [2.05, 4.69) is 10.0 Å². The number of aryl methyl sites for hydroxylation is 2. The first kappa shape index (κ1) is 20.4. The fraction of sp³-hybridized carbons (Fsp3) is 0.136. The van der Waals surface area contributed by atoms with E-state index >= 15 is 0 Å². The third-order valence-electron chi connectivity index (χ3n) is 4.54. The topological polar surface area (TPSA) is 84.5 Å². The molecule has 3 rings (SSSR count). The van der Waals surface area contributed by atoms with Crippen molar-refractivity contribution in [1.82, 2.24) is 0 Å². The molecule has 7 heteroatoms. The predicted octanol–water partition coefficient (Wildman–Crippen LogP) is 4.37. The van der Waals surface area contributed by atoms with Gasteiger partial charge >= 0.3 is 0 Å². The highest BCUT2D eigenvalue weighted by atomic mass is 32.2. The van der Waals surface area contributed by atoms with Gasteiger partial charge < -0.3 is 10.1 Å². The molecule has 0 atom stereocenters. The summed E-state index contributed by atoms with van der Waals surface area (Å²) < 4.78 is 33.0. The van der Waals surface area contributed by atoms with Gasteiger partial charge in [0, 0.05) is 11.3 Å². The molecule has 0 heterocycles. The van der Waals surface area contributed by atoms with E-state index in [-0.39, 0.29) is 10.8 Å². The van der Waals surface area contributed by atoms with E-state index in [0.717, 1.165) is 11.1 Å². The minimum absolute atomic E-state index is 0.0473. The minimum Gasteiger partial charge on any atom is -0.495 e. The molecule has 0 bridgehead atoms. The van der Waals surface area contributed by atoms with Crippen LogP contribution in [0.15, 0.2) is 71.6 Å². The quantitative estimate of drug-likeness (QED) is 0.632. The molecule has 0 saturated carbocycles. The lowest BCUT2D eigenvalue weighted by Crippen LogP contribution is -2.15. The van der Waals surface area contributed by atoms with Crippen molar-refractivity contribution in [3.05, 3.63) is 83.4 Å². The van der Waals surface area contributed by atoms with Crippen LogP contribution in [0.5, 0.6) is 5.75 Å². The fourth-order valence-electron chi connectivity index (χ4n) is 2.74. The van der Waals surface area contributed by atoms with Gasteiger partial charge in [-0.2, -0.15) is 0 Å². The molecule has 0 spiro atoms. The summed E-state index contributed by atoms with van der Waals surface area (Å²) in [6, 6.07) is 18.1. The summed E-state index contributed by atoms with van der Waals surface area (Å²) in [4.78, 5) is 12.5. The second kappa shape index (κ2) is 8.36. The lowest BCUT2D eigenvalue weighted by Gasteiger charge is -2.12. The number of rotatable bonds is 6. The van der Waals surface area contributed by atoms with Crippen molar-refractivity contribution in [2.24, 2.45) is 0 Å². The summed E-state index contributed by atoms with van der Waals surface area (Å²) in [5.41, 5.74) is 3.60. The lowest BCUT2D eigenvalue weighted by atomic mass is 10.1. The number of anilines is 2. The number of benzene rings is 3. The summed E-state index contributed by atoms with van der Waals surface area (Å²) in [7, 11) is -2.35. The maximum Gasteiger partial charge on any atom is 0.262 e. The van der Waals surface area contributed by atoms with Crippen molar-refractivity contribution in [2.75, 3.05) is 17.1 Å². The Balaban J connectivity index is 1.76. The van der Waals surface area contributed by atoms with Crippen LogP contribution in [0.2, 0.25) is 0 Å². The highest BCUT2D eigenvalue weighted by Gasteiger charge is 2.17. The number of para-hydroxylation sites is 2. The van der Waals surface area contributed by atoms with Crippen LogP contribution in [-0.2, 0) is 10.0 Å². The van der Waals surface area contributed by atoms with Crippen molar-refractivity contribution >= 4 is 27.3 Å². The molecule has 0 aliphatic rings. The summed E-state index contributed by atoms with van der Waals surface area (Å²) in [5.74, 6) is 0.107. The Hall–Kier alpha value is -3.32. The molecule has 0 unspecified atom stereocenters. The van der Waals surface area contributed by atoms with E-state index in [4.69, 9.17) is 4.74 Å². The van der Waals surface area contributed by atoms with Crippen molar-refractivity contribution in [3.8, 4) is 5.75 Å². The maximum absolute atomic E-state index is 12.6. The zero-order valence-electron chi connectivity index (χ0n) is 16.4. The number of carbonyl (C=O) groups is 1. The highest BCUT2D eigenvalue weighted by Crippen LogP contribution is 2.26. The third kappa shape index (κ3) is 4.75. The molecule has 0 aliphatic heterocycles. The van der Waals surface area contributed by atoms with Gasteiger partial charge in [0.05, 0.1) is 17.7 Å². The van der Waals surface area contributed by atoms with Gasteiger partial charge in [0.2, 0.25) is 0 Å². The van der Waals surface area contributed by atoms with E-state index in [1.807, 2.05) is 32.0 Å². The van der Waals surface area contributed by atoms with Gasteiger partial charge in [-0.15, -0.1) is 0 Å². The molecule has 0 aromatic heterocycles. The minimum atomic E-state index is -3.82. The largest absolute Gasteiger partial charge is 0.495 e. The zero-order chi connectivity index (χ0) is 21.0. The van der Waals surface area contributed by atoms with Gasteiger partial charge in [-0.05, 0) is 73.5 Å². The Morgan fingerprint density at radius 1 is 0.897 bits per heavy atom. The van der Waals surface area contributed by atoms with Crippen LogP contribution in [0.3, 0.4) is 0 Å². The summed E-state index contributed by atoms with van der Waals surface area (Å²) in [6.45, 7) is 3.97. The molecule has 0 fully saturated rings. The van der Waals surface area contributed by atoms with Gasteiger partial charge in [0.15, 0.2) is 0 Å². The summed E-state index contributed by atoms with van der Waals surface area (Å²) in [6.07, 6.45) is 0. The predicted molar refractivity (Wildman–Crippen MR) is 114 cm³/mol. The van der Waals surface area contributed by atoms with Gasteiger partial charge in [-0.1, -0.05) is 18.2 Å². The number of nitrogens with one attached hydrogen (secondary N) is 2. The SMILES string of the molecule is COc1ccccc1NS(=O)(=O)c1ccc(C(=O)Nc2ccc(C)c(C)c2)cc1. The second-order valence-corrected chi connectivity index (χ2v) is 8.27. The molecule has 0 aliphatic carbocycles. The number of hydrogen-bond donors (Lipinski definition) is 2. The first-order valence-corrected chi connectivity index (χ1v) is 10.4. The van der Waals surface area contributed by atoms with Crippen molar-refractivity contribution in [3.63, 3.8) is 0 Å². The van der Waals surface area contributed by atoms with Crippen LogP contribution in [0.1, 0.15) is 21.5 Å². The molecule has 6 nitrogen and oxygen atoms in total. The Kier molecular flexibility index (Phi) is 5.89. The van der Waals surface area contributed by atoms with Crippen molar-refractivity contribution < 1.29 is 17.9 Å². The smallest absolute Gasteiger partial charge is 0.262 e. The van der Waals surface area contributed by atoms with Crippen LogP contribution < -0.4 is 14.8 Å². The number of sulfonamides is 1. The Bertz CT molecular complexity index is 1140. The maximum atomic E-state index is 12.6. The van der Waals surface area contributed by atoms with E-state index < -0.39 is 10.0 Å². The first-order valence-electron chi connectivity index (χ1n) is 8.94. The Labute approximate surface area is 170 Å². The zero-order valence-corrected chi connectivity index (χ0v) is 17.2. The number of hydrogen-bond acceptors (Lipinski definition) is 4. The average molecular weight is 410 g/mol. The molecule has 1 amide bonds. The lowest BCUT2D eigenvalue weighted by molar-refractivity contribution is 0.102. The number of amides is 1. The standard InChI is InChI=1S/C22H22N2O4S/c1-15-8-11-18(14-16(15)2)23-22(25)17-9-12-19(13-10-17)29(26,27)24-20-6-4-5-7-21(20)28-3/h4-14,24H,1-3H3,(H,23,25). The van der Waals surface area contributed by atoms with Crippen LogP contribution >= 0.6 is 0 Å². The molecule has 3 aromatic rings. The molecule has 0 radical (unpaired) electrons. The number of carbonyl (C=O) groups excluding carboxylic acids is 1. The molecular weight excluding hydrogens is 388 g/mol. The first-order chi connectivity index (χ1) is 13.8. The molecule has 2 N–H and O–H groups in total. The van der Waals surface area contributed by atoms with Crippen molar-refractivity contribution in [2.45, 2.75) is 18.7 Å². The average Bonchev–Trinajstić information content (AvgIpc) is 2.71. The number of ether oxygens (including phenoxy) is 1. The van der Waals surface area contributed by atoms with Gasteiger partial charge in [0.1, 0.15) is 5.75 Å². The molecular formula is C22H22N2O4S. The second-order valence-electron chi connectivity index (χ2n) is 6.58. The van der Waals surface area contributed by atoms with Gasteiger partial charge in [-0.25, -0.2) is 8.42 Å². The van der Waals surface area contributed by atoms with Crippen LogP contribution in [0.25, 0.3) is 0 Å². The molecule has 3 aromatic carbocycles. The Morgan fingerprint density at radius 3 is 2.24 bits per heavy atom. The Morgan fingerprint density at radius 2 is 1.59 bits per heavy atom. The summed E-state index contributed by atoms with van der Waals surface area (Å²) >= 11 is 0. The molecule has 29 heavy (non-hydrogen) atoms. The number of methoxy groups -OCH3 is 1. The molecule has 0 saturated heterocycles. The van der Waals surface area contributed by atoms with Crippen LogP contribution in [0.4, 0.5) is 11.4 Å². The van der Waals surface area contributed by atoms with Gasteiger partial charge in [0.25, 0.3) is 15.9 Å². The van der Waals surface area contributed by atoms with E-state index in [0.29, 0.717) is 22.7 Å². The van der Waals surface area contributed by atoms with Gasteiger partial charge in [-0.3, -0.25) is 9.52 Å². The molecule has 150 valence electrons. The third-order valence-corrected chi connectivity index (χ3v) is 5.92.